The highest BCUT2D eigenvalue weighted by Gasteiger charge is 2.14. The average molecular weight is 337 g/mol. The summed E-state index contributed by atoms with van der Waals surface area (Å²) in [6.07, 6.45) is 2.95. The van der Waals surface area contributed by atoms with E-state index in [2.05, 4.69) is 20.5 Å². The Morgan fingerprint density at radius 2 is 2.04 bits per heavy atom. The van der Waals surface area contributed by atoms with Crippen molar-refractivity contribution in [3.8, 4) is 5.88 Å². The molecule has 0 aliphatic rings. The van der Waals surface area contributed by atoms with Crippen molar-refractivity contribution in [1.82, 2.24) is 14.9 Å². The quantitative estimate of drug-likeness (QED) is 0.712. The lowest BCUT2D eigenvalue weighted by molar-refractivity contribution is -0.117. The summed E-state index contributed by atoms with van der Waals surface area (Å²) in [5.41, 5.74) is 1.33. The lowest BCUT2D eigenvalue weighted by Gasteiger charge is -2.01. The largest absolute Gasteiger partial charge is 0.493 e. The third-order valence-corrected chi connectivity index (χ3v) is 3.64. The molecule has 25 heavy (non-hydrogen) atoms. The molecule has 126 valence electrons. The zero-order valence-corrected chi connectivity index (χ0v) is 13.4. The Bertz CT molecular complexity index is 963. The molecule has 2 amide bonds. The first-order valence-electron chi connectivity index (χ1n) is 7.47. The van der Waals surface area contributed by atoms with Crippen molar-refractivity contribution in [2.24, 2.45) is 17.3 Å². The Morgan fingerprint density at radius 3 is 2.80 bits per heavy atom. The number of pyridine rings is 1. The number of amides is 2. The average Bonchev–Trinajstić information content (AvgIpc) is 2.89. The van der Waals surface area contributed by atoms with Crippen molar-refractivity contribution in [1.29, 1.82) is 0 Å². The molecule has 8 heteroatoms. The summed E-state index contributed by atoms with van der Waals surface area (Å²) in [6.45, 7) is -0.303. The van der Waals surface area contributed by atoms with Crippen LogP contribution < -0.4 is 5.32 Å². The number of benzene rings is 1. The first kappa shape index (κ1) is 16.3. The van der Waals surface area contributed by atoms with Gasteiger partial charge in [-0.2, -0.15) is 0 Å². The van der Waals surface area contributed by atoms with E-state index in [0.29, 0.717) is 10.9 Å². The zero-order valence-electron chi connectivity index (χ0n) is 13.4. The summed E-state index contributed by atoms with van der Waals surface area (Å²) in [7, 11) is 1.69. The number of aromatic nitrogens is 2. The summed E-state index contributed by atoms with van der Waals surface area (Å²) in [4.78, 5) is 27.5. The SMILES string of the molecule is Cn1c(O)c(N=NC(=O)CNC(=O)c2cccnc2)c2ccccc21. The van der Waals surface area contributed by atoms with E-state index >= 15 is 0 Å². The summed E-state index contributed by atoms with van der Waals surface area (Å²) in [5, 5.41) is 20.7. The van der Waals surface area contributed by atoms with E-state index in [1.165, 1.54) is 6.20 Å². The normalized spacial score (nSPS) is 11.1. The number of hydrogen-bond donors (Lipinski definition) is 2. The number of rotatable bonds is 4. The summed E-state index contributed by atoms with van der Waals surface area (Å²) in [6, 6.07) is 10.4. The van der Waals surface area contributed by atoms with Crippen molar-refractivity contribution < 1.29 is 14.7 Å². The minimum atomic E-state index is -0.635. The fourth-order valence-electron chi connectivity index (χ4n) is 2.35. The van der Waals surface area contributed by atoms with E-state index in [9.17, 15) is 14.7 Å². The molecule has 1 aromatic carbocycles. The Morgan fingerprint density at radius 1 is 1.24 bits per heavy atom. The van der Waals surface area contributed by atoms with Crippen LogP contribution in [-0.2, 0) is 11.8 Å². The standard InChI is InChI=1S/C17H15N5O3/c1-22-13-7-3-2-6-12(13)15(17(22)25)21-20-14(23)10-19-16(24)11-5-4-8-18-9-11/h2-9,25H,10H2,1H3,(H,19,24). The summed E-state index contributed by atoms with van der Waals surface area (Å²) >= 11 is 0. The van der Waals surface area contributed by atoms with Gasteiger partial charge in [0.1, 0.15) is 6.54 Å². The summed E-state index contributed by atoms with van der Waals surface area (Å²) < 4.78 is 1.55. The van der Waals surface area contributed by atoms with Crippen LogP contribution in [0, 0.1) is 0 Å². The number of para-hydroxylation sites is 1. The zero-order chi connectivity index (χ0) is 17.8. The number of carbonyl (C=O) groups excluding carboxylic acids is 2. The molecule has 0 atom stereocenters. The van der Waals surface area contributed by atoms with Crippen molar-refractivity contribution in [3.63, 3.8) is 0 Å². The molecule has 0 bridgehead atoms. The van der Waals surface area contributed by atoms with Crippen molar-refractivity contribution >= 4 is 28.4 Å². The molecule has 0 aliphatic carbocycles. The maximum Gasteiger partial charge on any atom is 0.283 e. The second kappa shape index (κ2) is 6.91. The van der Waals surface area contributed by atoms with Crippen molar-refractivity contribution in [2.75, 3.05) is 6.54 Å². The number of nitrogens with zero attached hydrogens (tertiary/aromatic N) is 4. The predicted octanol–water partition coefficient (Wildman–Crippen LogP) is 2.32. The molecule has 2 heterocycles. The molecule has 2 N–H and O–H groups in total. The van der Waals surface area contributed by atoms with Crippen LogP contribution in [0.4, 0.5) is 5.69 Å². The van der Waals surface area contributed by atoms with Crippen LogP contribution in [0.25, 0.3) is 10.9 Å². The summed E-state index contributed by atoms with van der Waals surface area (Å²) in [5.74, 6) is -1.15. The fourth-order valence-corrected chi connectivity index (χ4v) is 2.35. The van der Waals surface area contributed by atoms with Gasteiger partial charge in [-0.3, -0.25) is 14.6 Å². The first-order valence-corrected chi connectivity index (χ1v) is 7.47. The molecule has 0 radical (unpaired) electrons. The van der Waals surface area contributed by atoms with Crippen molar-refractivity contribution in [3.05, 3.63) is 54.4 Å². The minimum absolute atomic E-state index is 0.0860. The van der Waals surface area contributed by atoms with Gasteiger partial charge < -0.3 is 15.0 Å². The van der Waals surface area contributed by atoms with Crippen LogP contribution in [0.3, 0.4) is 0 Å². The molecular formula is C17H15N5O3. The second-order valence-electron chi connectivity index (χ2n) is 5.27. The van der Waals surface area contributed by atoms with Gasteiger partial charge in [-0.15, -0.1) is 10.2 Å². The third-order valence-electron chi connectivity index (χ3n) is 3.64. The number of nitrogens with one attached hydrogen (secondary N) is 1. The Kier molecular flexibility index (Phi) is 4.51. The van der Waals surface area contributed by atoms with Gasteiger partial charge in [-0.05, 0) is 18.2 Å². The van der Waals surface area contributed by atoms with E-state index in [4.69, 9.17) is 0 Å². The van der Waals surface area contributed by atoms with Gasteiger partial charge >= 0.3 is 0 Å². The van der Waals surface area contributed by atoms with Gasteiger partial charge in [0.25, 0.3) is 11.8 Å². The molecule has 0 aliphatic heterocycles. The van der Waals surface area contributed by atoms with Crippen LogP contribution in [0.15, 0.2) is 59.0 Å². The van der Waals surface area contributed by atoms with Crippen LogP contribution in [0.2, 0.25) is 0 Å². The molecule has 3 rings (SSSR count). The van der Waals surface area contributed by atoms with Gasteiger partial charge in [0, 0.05) is 24.8 Å². The smallest absolute Gasteiger partial charge is 0.283 e. The van der Waals surface area contributed by atoms with Gasteiger partial charge in [0.2, 0.25) is 5.88 Å². The molecule has 0 saturated carbocycles. The number of carbonyl (C=O) groups is 2. The van der Waals surface area contributed by atoms with E-state index in [0.717, 1.165) is 5.52 Å². The monoisotopic (exact) mass is 337 g/mol. The van der Waals surface area contributed by atoms with Gasteiger partial charge in [0.05, 0.1) is 11.1 Å². The molecule has 0 saturated heterocycles. The Labute approximate surface area is 142 Å². The molecule has 8 nitrogen and oxygen atoms in total. The molecular weight excluding hydrogens is 322 g/mol. The van der Waals surface area contributed by atoms with Crippen LogP contribution in [0.5, 0.6) is 5.88 Å². The highest BCUT2D eigenvalue weighted by molar-refractivity contribution is 5.97. The van der Waals surface area contributed by atoms with Gasteiger partial charge in [-0.25, -0.2) is 0 Å². The molecule has 0 spiro atoms. The predicted molar refractivity (Wildman–Crippen MR) is 90.7 cm³/mol. The molecule has 2 aromatic heterocycles. The minimum Gasteiger partial charge on any atom is -0.493 e. The Hall–Kier alpha value is -3.55. The second-order valence-corrected chi connectivity index (χ2v) is 5.27. The highest BCUT2D eigenvalue weighted by atomic mass is 16.3. The third kappa shape index (κ3) is 3.37. The van der Waals surface area contributed by atoms with Gasteiger partial charge in [0.15, 0.2) is 5.69 Å². The molecule has 0 unspecified atom stereocenters. The van der Waals surface area contributed by atoms with Crippen LogP contribution in [0.1, 0.15) is 10.4 Å². The highest BCUT2D eigenvalue weighted by Crippen LogP contribution is 2.37. The number of aryl methyl sites for hydroxylation is 1. The topological polar surface area (TPSA) is 109 Å². The lowest BCUT2D eigenvalue weighted by atomic mass is 10.2. The Balaban J connectivity index is 1.69. The van der Waals surface area contributed by atoms with E-state index in [1.807, 2.05) is 12.1 Å². The first-order chi connectivity index (χ1) is 12.1. The molecule has 0 fully saturated rings. The van der Waals surface area contributed by atoms with Crippen LogP contribution >= 0.6 is 0 Å². The van der Waals surface area contributed by atoms with E-state index in [1.54, 1.807) is 42.1 Å². The maximum absolute atomic E-state index is 11.8. The van der Waals surface area contributed by atoms with Gasteiger partial charge in [-0.1, -0.05) is 18.2 Å². The number of fused-ring (bicyclic) bond motifs is 1. The number of azo groups is 1. The molecule has 3 aromatic rings. The maximum atomic E-state index is 11.8. The van der Waals surface area contributed by atoms with Crippen LogP contribution in [-0.4, -0.2) is 33.0 Å². The number of hydrogen-bond acceptors (Lipinski definition) is 5. The van der Waals surface area contributed by atoms with E-state index < -0.39 is 11.8 Å². The lowest BCUT2D eigenvalue weighted by Crippen LogP contribution is -2.28. The van der Waals surface area contributed by atoms with Crippen molar-refractivity contribution in [2.45, 2.75) is 0 Å². The number of aromatic hydroxyl groups is 1. The van der Waals surface area contributed by atoms with E-state index in [-0.39, 0.29) is 18.1 Å². The fraction of sp³-hybridized carbons (Fsp3) is 0.118.